The monoisotopic (exact) mass is 421 g/mol. The molecule has 3 heterocycles. The van der Waals surface area contributed by atoms with E-state index in [9.17, 15) is 4.79 Å². The second-order valence-electron chi connectivity index (χ2n) is 8.06. The van der Waals surface area contributed by atoms with Gasteiger partial charge in [0.15, 0.2) is 0 Å². The maximum Gasteiger partial charge on any atom is 0.259 e. The summed E-state index contributed by atoms with van der Waals surface area (Å²) in [6.07, 6.45) is 1.07. The maximum atomic E-state index is 12.7. The Morgan fingerprint density at radius 2 is 1.97 bits per heavy atom. The van der Waals surface area contributed by atoms with Gasteiger partial charge in [0.2, 0.25) is 0 Å². The first-order valence-corrected chi connectivity index (χ1v) is 11.2. The molecule has 4 rings (SSSR count). The number of nitrogens with zero attached hydrogens (tertiary/aromatic N) is 4. The third kappa shape index (κ3) is 4.17. The van der Waals surface area contributed by atoms with E-state index in [1.54, 1.807) is 11.3 Å². The van der Waals surface area contributed by atoms with Gasteiger partial charge in [0.05, 0.1) is 23.1 Å². The van der Waals surface area contributed by atoms with Gasteiger partial charge in [-0.2, -0.15) is 5.26 Å². The number of rotatable bonds is 4. The van der Waals surface area contributed by atoms with Crippen molar-refractivity contribution in [2.45, 2.75) is 39.8 Å². The first kappa shape index (κ1) is 20.7. The Morgan fingerprint density at radius 3 is 2.70 bits per heavy atom. The number of thiophene rings is 1. The molecule has 1 aromatic carbocycles. The summed E-state index contributed by atoms with van der Waals surface area (Å²) in [4.78, 5) is 27.4. The van der Waals surface area contributed by atoms with Crippen LogP contribution in [-0.2, 0) is 6.54 Å². The van der Waals surface area contributed by atoms with E-state index in [2.05, 4.69) is 27.8 Å². The Labute approximate surface area is 180 Å². The molecule has 0 bridgehead atoms. The van der Waals surface area contributed by atoms with Gasteiger partial charge in [0.1, 0.15) is 10.7 Å². The fourth-order valence-electron chi connectivity index (χ4n) is 4.12. The summed E-state index contributed by atoms with van der Waals surface area (Å²) in [6.45, 7) is 11.0. The van der Waals surface area contributed by atoms with E-state index in [1.165, 1.54) is 5.56 Å². The lowest BCUT2D eigenvalue weighted by molar-refractivity contribution is 0.202. The van der Waals surface area contributed by atoms with Crippen LogP contribution in [0.5, 0.6) is 0 Å². The van der Waals surface area contributed by atoms with Crippen LogP contribution in [0.3, 0.4) is 0 Å². The van der Waals surface area contributed by atoms with Gasteiger partial charge in [-0.15, -0.1) is 11.3 Å². The van der Waals surface area contributed by atoms with Crippen LogP contribution >= 0.6 is 11.3 Å². The molecule has 1 N–H and O–H groups in total. The summed E-state index contributed by atoms with van der Waals surface area (Å²) in [5.41, 5.74) is 2.94. The molecule has 1 atom stereocenters. The van der Waals surface area contributed by atoms with E-state index >= 15 is 0 Å². The van der Waals surface area contributed by atoms with Gasteiger partial charge in [-0.05, 0) is 57.0 Å². The predicted octanol–water partition coefficient (Wildman–Crippen LogP) is 3.74. The average molecular weight is 422 g/mol. The van der Waals surface area contributed by atoms with Crippen molar-refractivity contribution >= 4 is 21.6 Å². The van der Waals surface area contributed by atoms with Crippen LogP contribution in [0, 0.1) is 25.2 Å². The largest absolute Gasteiger partial charge is 0.309 e. The standard InChI is InChI=1S/C23H27N5OS/c1-15-17(3)30-23-20(15)22(29)25-21(26-23)16(2)28-10-4-9-27(11-12-28)14-19-7-5-18(13-24)6-8-19/h5-8,16H,4,9-12,14H2,1-3H3,(H,25,26,29). The molecule has 30 heavy (non-hydrogen) atoms. The van der Waals surface area contributed by atoms with Crippen molar-refractivity contribution in [3.8, 4) is 6.07 Å². The van der Waals surface area contributed by atoms with E-state index in [1.807, 2.05) is 38.1 Å². The molecular formula is C23H27N5OS. The summed E-state index contributed by atoms with van der Waals surface area (Å²) < 4.78 is 0. The second kappa shape index (κ2) is 8.68. The summed E-state index contributed by atoms with van der Waals surface area (Å²) in [7, 11) is 0. The third-order valence-corrected chi connectivity index (χ3v) is 7.21. The number of aromatic nitrogens is 2. The summed E-state index contributed by atoms with van der Waals surface area (Å²) in [5, 5.41) is 9.69. The third-order valence-electron chi connectivity index (χ3n) is 6.11. The molecule has 0 amide bonds. The molecule has 2 aromatic heterocycles. The highest BCUT2D eigenvalue weighted by molar-refractivity contribution is 7.18. The van der Waals surface area contributed by atoms with Crippen LogP contribution < -0.4 is 5.56 Å². The first-order chi connectivity index (χ1) is 14.5. The Kier molecular flexibility index (Phi) is 6.00. The van der Waals surface area contributed by atoms with Gasteiger partial charge in [-0.1, -0.05) is 12.1 Å². The van der Waals surface area contributed by atoms with Crippen LogP contribution in [0.1, 0.15) is 46.8 Å². The SMILES string of the molecule is Cc1sc2nc(C(C)N3CCCN(Cc4ccc(C#N)cc4)CC3)[nH]c(=O)c2c1C. The number of hydrogen-bond donors (Lipinski definition) is 1. The minimum absolute atomic E-state index is 0.0269. The molecule has 1 aliphatic rings. The van der Waals surface area contributed by atoms with Crippen molar-refractivity contribution in [1.82, 2.24) is 19.8 Å². The quantitative estimate of drug-likeness (QED) is 0.694. The molecule has 7 heteroatoms. The fraction of sp³-hybridized carbons (Fsp3) is 0.435. The Balaban J connectivity index is 1.45. The molecule has 1 saturated heterocycles. The normalized spacial score (nSPS) is 17.0. The van der Waals surface area contributed by atoms with Crippen molar-refractivity contribution < 1.29 is 0 Å². The Hall–Kier alpha value is -2.53. The highest BCUT2D eigenvalue weighted by Gasteiger charge is 2.23. The van der Waals surface area contributed by atoms with Gasteiger partial charge in [-0.25, -0.2) is 4.98 Å². The number of H-pyrrole nitrogens is 1. The predicted molar refractivity (Wildman–Crippen MR) is 121 cm³/mol. The fourth-order valence-corrected chi connectivity index (χ4v) is 5.16. The zero-order valence-corrected chi connectivity index (χ0v) is 18.6. The lowest BCUT2D eigenvalue weighted by Crippen LogP contribution is -2.33. The number of benzene rings is 1. The molecule has 3 aromatic rings. The Bertz CT molecular complexity index is 1140. The van der Waals surface area contributed by atoms with Gasteiger partial charge >= 0.3 is 0 Å². The van der Waals surface area contributed by atoms with Crippen LogP contribution in [-0.4, -0.2) is 45.9 Å². The van der Waals surface area contributed by atoms with Crippen molar-refractivity contribution in [2.75, 3.05) is 26.2 Å². The van der Waals surface area contributed by atoms with E-state index < -0.39 is 0 Å². The highest BCUT2D eigenvalue weighted by atomic mass is 32.1. The molecule has 1 aliphatic heterocycles. The highest BCUT2D eigenvalue weighted by Crippen LogP contribution is 2.27. The van der Waals surface area contributed by atoms with Crippen LogP contribution in [0.25, 0.3) is 10.2 Å². The number of aryl methyl sites for hydroxylation is 2. The molecule has 0 radical (unpaired) electrons. The summed E-state index contributed by atoms with van der Waals surface area (Å²) in [6, 6.07) is 10.1. The zero-order valence-electron chi connectivity index (χ0n) is 17.7. The molecule has 1 fully saturated rings. The molecule has 0 aliphatic carbocycles. The van der Waals surface area contributed by atoms with E-state index in [-0.39, 0.29) is 11.6 Å². The molecule has 0 spiro atoms. The smallest absolute Gasteiger partial charge is 0.259 e. The van der Waals surface area contributed by atoms with E-state index in [0.717, 1.165) is 65.6 Å². The first-order valence-electron chi connectivity index (χ1n) is 10.4. The van der Waals surface area contributed by atoms with Crippen LogP contribution in [0.2, 0.25) is 0 Å². The Morgan fingerprint density at radius 1 is 1.20 bits per heavy atom. The van der Waals surface area contributed by atoms with E-state index in [4.69, 9.17) is 10.2 Å². The van der Waals surface area contributed by atoms with Crippen molar-refractivity contribution in [2.24, 2.45) is 0 Å². The average Bonchev–Trinajstić information content (AvgIpc) is 2.90. The van der Waals surface area contributed by atoms with Crippen molar-refractivity contribution in [1.29, 1.82) is 5.26 Å². The lowest BCUT2D eigenvalue weighted by atomic mass is 10.1. The molecule has 156 valence electrons. The number of nitriles is 1. The topological polar surface area (TPSA) is 76.0 Å². The lowest BCUT2D eigenvalue weighted by Gasteiger charge is -2.27. The number of fused-ring (bicyclic) bond motifs is 1. The minimum Gasteiger partial charge on any atom is -0.309 e. The van der Waals surface area contributed by atoms with Gasteiger partial charge < -0.3 is 4.98 Å². The molecular weight excluding hydrogens is 394 g/mol. The summed E-state index contributed by atoms with van der Waals surface area (Å²) in [5.74, 6) is 0.759. The second-order valence-corrected chi connectivity index (χ2v) is 9.27. The maximum absolute atomic E-state index is 12.7. The van der Waals surface area contributed by atoms with Crippen molar-refractivity contribution in [3.63, 3.8) is 0 Å². The van der Waals surface area contributed by atoms with Crippen LogP contribution in [0.15, 0.2) is 29.1 Å². The van der Waals surface area contributed by atoms with E-state index in [0.29, 0.717) is 5.56 Å². The van der Waals surface area contributed by atoms with Gasteiger partial charge in [-0.3, -0.25) is 14.6 Å². The van der Waals surface area contributed by atoms with Gasteiger partial charge in [0, 0.05) is 31.1 Å². The molecule has 6 nitrogen and oxygen atoms in total. The minimum atomic E-state index is -0.0269. The number of aromatic amines is 1. The van der Waals surface area contributed by atoms with Crippen LogP contribution in [0.4, 0.5) is 0 Å². The van der Waals surface area contributed by atoms with Crippen molar-refractivity contribution in [3.05, 3.63) is 62.0 Å². The molecule has 0 saturated carbocycles. The zero-order chi connectivity index (χ0) is 21.3. The number of hydrogen-bond acceptors (Lipinski definition) is 6. The van der Waals surface area contributed by atoms with Gasteiger partial charge in [0.25, 0.3) is 5.56 Å². The summed E-state index contributed by atoms with van der Waals surface area (Å²) >= 11 is 1.60. The number of nitrogens with one attached hydrogen (secondary N) is 1. The molecule has 1 unspecified atom stereocenters.